The van der Waals surface area contributed by atoms with Crippen molar-refractivity contribution < 1.29 is 9.53 Å². The van der Waals surface area contributed by atoms with Gasteiger partial charge in [0.25, 0.3) is 0 Å². The molecule has 0 amide bonds. The van der Waals surface area contributed by atoms with Crippen LogP contribution in [-0.4, -0.2) is 24.1 Å². The molecule has 4 nitrogen and oxygen atoms in total. The quantitative estimate of drug-likeness (QED) is 0.790. The van der Waals surface area contributed by atoms with Crippen molar-refractivity contribution in [3.05, 3.63) is 29.6 Å². The summed E-state index contributed by atoms with van der Waals surface area (Å²) < 4.78 is 4.71. The van der Waals surface area contributed by atoms with Gasteiger partial charge in [0.15, 0.2) is 0 Å². The Kier molecular flexibility index (Phi) is 5.10. The van der Waals surface area contributed by atoms with Crippen molar-refractivity contribution in [2.75, 3.05) is 7.11 Å². The van der Waals surface area contributed by atoms with E-state index in [0.29, 0.717) is 6.54 Å². The number of hydrogen-bond acceptors (Lipinski definition) is 4. The Hall–Kier alpha value is -1.42. The molecular formula is C13H20N2O2. The summed E-state index contributed by atoms with van der Waals surface area (Å²) in [5, 5.41) is 3.28. The Morgan fingerprint density at radius 2 is 2.18 bits per heavy atom. The van der Waals surface area contributed by atoms with Crippen LogP contribution in [0.15, 0.2) is 18.2 Å². The van der Waals surface area contributed by atoms with Crippen LogP contribution in [-0.2, 0) is 16.1 Å². The molecule has 2 unspecified atom stereocenters. The van der Waals surface area contributed by atoms with Crippen LogP contribution < -0.4 is 5.32 Å². The van der Waals surface area contributed by atoms with E-state index < -0.39 is 0 Å². The molecule has 0 spiro atoms. The first-order valence-electron chi connectivity index (χ1n) is 5.78. The molecule has 0 aromatic carbocycles. The number of aryl methyl sites for hydroxylation is 1. The summed E-state index contributed by atoms with van der Waals surface area (Å²) in [4.78, 5) is 15.7. The second-order valence-corrected chi connectivity index (χ2v) is 4.25. The average Bonchev–Trinajstić information content (AvgIpc) is 2.34. The molecule has 1 aromatic rings. The van der Waals surface area contributed by atoms with Crippen LogP contribution >= 0.6 is 0 Å². The molecule has 0 saturated heterocycles. The summed E-state index contributed by atoms with van der Waals surface area (Å²) in [6.45, 7) is 6.44. The first kappa shape index (κ1) is 13.6. The smallest absolute Gasteiger partial charge is 0.309 e. The average molecular weight is 236 g/mol. The summed E-state index contributed by atoms with van der Waals surface area (Å²) in [6, 6.07) is 5.97. The Labute approximate surface area is 102 Å². The number of pyridine rings is 1. The lowest BCUT2D eigenvalue weighted by Gasteiger charge is -2.19. The lowest BCUT2D eigenvalue weighted by molar-refractivity contribution is -0.145. The number of rotatable bonds is 5. The summed E-state index contributed by atoms with van der Waals surface area (Å²) >= 11 is 0. The van der Waals surface area contributed by atoms with Crippen LogP contribution in [0.5, 0.6) is 0 Å². The van der Waals surface area contributed by atoms with Crippen LogP contribution in [0, 0.1) is 12.8 Å². The van der Waals surface area contributed by atoms with Gasteiger partial charge < -0.3 is 10.1 Å². The monoisotopic (exact) mass is 236 g/mol. The van der Waals surface area contributed by atoms with E-state index in [1.807, 2.05) is 39.0 Å². The SMILES string of the molecule is COC(=O)C(C)C(C)NCc1cccc(C)n1. The van der Waals surface area contributed by atoms with Crippen molar-refractivity contribution in [1.29, 1.82) is 0 Å². The van der Waals surface area contributed by atoms with Crippen molar-refractivity contribution in [3.8, 4) is 0 Å². The van der Waals surface area contributed by atoms with E-state index in [2.05, 4.69) is 10.3 Å². The molecule has 0 aliphatic carbocycles. The van der Waals surface area contributed by atoms with Crippen LogP contribution in [0.1, 0.15) is 25.2 Å². The van der Waals surface area contributed by atoms with Gasteiger partial charge in [-0.25, -0.2) is 0 Å². The molecule has 1 aromatic heterocycles. The van der Waals surface area contributed by atoms with E-state index in [4.69, 9.17) is 4.74 Å². The highest BCUT2D eigenvalue weighted by molar-refractivity contribution is 5.72. The van der Waals surface area contributed by atoms with Gasteiger partial charge >= 0.3 is 5.97 Å². The fourth-order valence-electron chi connectivity index (χ4n) is 1.53. The van der Waals surface area contributed by atoms with Gasteiger partial charge in [-0.1, -0.05) is 13.0 Å². The molecule has 0 saturated carbocycles. The van der Waals surface area contributed by atoms with E-state index in [-0.39, 0.29) is 17.9 Å². The summed E-state index contributed by atoms with van der Waals surface area (Å²) in [6.07, 6.45) is 0. The van der Waals surface area contributed by atoms with Crippen molar-refractivity contribution in [3.63, 3.8) is 0 Å². The number of esters is 1. The molecule has 0 aliphatic heterocycles. The molecule has 94 valence electrons. The third kappa shape index (κ3) is 4.15. The van der Waals surface area contributed by atoms with Gasteiger partial charge in [0.1, 0.15) is 0 Å². The lowest BCUT2D eigenvalue weighted by atomic mass is 10.0. The standard InChI is InChI=1S/C13H20N2O2/c1-9-6-5-7-12(15-9)8-14-11(3)10(2)13(16)17-4/h5-7,10-11,14H,8H2,1-4H3. The number of carbonyl (C=O) groups excluding carboxylic acids is 1. The zero-order valence-electron chi connectivity index (χ0n) is 10.9. The highest BCUT2D eigenvalue weighted by atomic mass is 16.5. The number of hydrogen-bond donors (Lipinski definition) is 1. The van der Waals surface area contributed by atoms with Crippen molar-refractivity contribution in [1.82, 2.24) is 10.3 Å². The van der Waals surface area contributed by atoms with Crippen LogP contribution in [0.4, 0.5) is 0 Å². The third-order valence-electron chi connectivity index (χ3n) is 2.87. The maximum Gasteiger partial charge on any atom is 0.309 e. The molecule has 4 heteroatoms. The zero-order valence-corrected chi connectivity index (χ0v) is 10.9. The number of aromatic nitrogens is 1. The molecule has 1 rings (SSSR count). The Morgan fingerprint density at radius 3 is 2.76 bits per heavy atom. The normalized spacial score (nSPS) is 14.1. The number of nitrogens with one attached hydrogen (secondary N) is 1. The molecule has 1 heterocycles. The molecule has 0 bridgehead atoms. The Morgan fingerprint density at radius 1 is 1.47 bits per heavy atom. The number of methoxy groups -OCH3 is 1. The second kappa shape index (κ2) is 6.35. The fourth-order valence-corrected chi connectivity index (χ4v) is 1.53. The minimum Gasteiger partial charge on any atom is -0.469 e. The van der Waals surface area contributed by atoms with Crippen molar-refractivity contribution >= 4 is 5.97 Å². The summed E-state index contributed by atoms with van der Waals surface area (Å²) in [7, 11) is 1.41. The van der Waals surface area contributed by atoms with Crippen LogP contribution in [0.25, 0.3) is 0 Å². The first-order valence-corrected chi connectivity index (χ1v) is 5.78. The number of carbonyl (C=O) groups is 1. The first-order chi connectivity index (χ1) is 8.04. The lowest BCUT2D eigenvalue weighted by Crippen LogP contribution is -2.36. The van der Waals surface area contributed by atoms with Gasteiger partial charge in [-0.15, -0.1) is 0 Å². The van der Waals surface area contributed by atoms with E-state index >= 15 is 0 Å². The fraction of sp³-hybridized carbons (Fsp3) is 0.538. The second-order valence-electron chi connectivity index (χ2n) is 4.25. The van der Waals surface area contributed by atoms with Crippen molar-refractivity contribution in [2.24, 2.45) is 5.92 Å². The zero-order chi connectivity index (χ0) is 12.8. The summed E-state index contributed by atoms with van der Waals surface area (Å²) in [5.41, 5.74) is 1.98. The van der Waals surface area contributed by atoms with Gasteiger partial charge in [0.2, 0.25) is 0 Å². The minimum absolute atomic E-state index is 0.0600. The van der Waals surface area contributed by atoms with E-state index in [1.54, 1.807) is 0 Å². The maximum absolute atomic E-state index is 11.3. The molecule has 17 heavy (non-hydrogen) atoms. The predicted octanol–water partition coefficient (Wildman–Crippen LogP) is 1.68. The minimum atomic E-state index is -0.192. The van der Waals surface area contributed by atoms with Gasteiger partial charge in [0, 0.05) is 18.3 Å². The molecule has 0 radical (unpaired) electrons. The van der Waals surface area contributed by atoms with Crippen LogP contribution in [0.3, 0.4) is 0 Å². The highest BCUT2D eigenvalue weighted by Crippen LogP contribution is 2.06. The van der Waals surface area contributed by atoms with Crippen molar-refractivity contribution in [2.45, 2.75) is 33.4 Å². The Balaban J connectivity index is 2.48. The van der Waals surface area contributed by atoms with E-state index in [9.17, 15) is 4.79 Å². The Bertz CT molecular complexity index is 379. The number of nitrogens with zero attached hydrogens (tertiary/aromatic N) is 1. The molecular weight excluding hydrogens is 216 g/mol. The topological polar surface area (TPSA) is 51.2 Å². The third-order valence-corrected chi connectivity index (χ3v) is 2.87. The largest absolute Gasteiger partial charge is 0.469 e. The van der Waals surface area contributed by atoms with Gasteiger partial charge in [-0.05, 0) is 26.0 Å². The molecule has 2 atom stereocenters. The summed E-state index contributed by atoms with van der Waals surface area (Å²) in [5.74, 6) is -0.355. The van der Waals surface area contributed by atoms with E-state index in [1.165, 1.54) is 7.11 Å². The molecule has 0 fully saturated rings. The molecule has 0 aliphatic rings. The highest BCUT2D eigenvalue weighted by Gasteiger charge is 2.20. The van der Waals surface area contributed by atoms with E-state index in [0.717, 1.165) is 11.4 Å². The number of ether oxygens (including phenoxy) is 1. The van der Waals surface area contributed by atoms with Gasteiger partial charge in [-0.2, -0.15) is 0 Å². The maximum atomic E-state index is 11.3. The van der Waals surface area contributed by atoms with Gasteiger partial charge in [-0.3, -0.25) is 9.78 Å². The molecule has 1 N–H and O–H groups in total. The van der Waals surface area contributed by atoms with Gasteiger partial charge in [0.05, 0.1) is 18.7 Å². The predicted molar refractivity (Wildman–Crippen MR) is 66.5 cm³/mol. The van der Waals surface area contributed by atoms with Crippen LogP contribution in [0.2, 0.25) is 0 Å².